The molecule has 1 unspecified atom stereocenters. The first kappa shape index (κ1) is 19.9. The lowest BCUT2D eigenvalue weighted by Crippen LogP contribution is -2.39. The van der Waals surface area contributed by atoms with Gasteiger partial charge in [0, 0.05) is 30.1 Å². The Morgan fingerprint density at radius 3 is 2.68 bits per heavy atom. The molecule has 28 heavy (non-hydrogen) atoms. The third-order valence-corrected chi connectivity index (χ3v) is 8.98. The Hall–Kier alpha value is -1.41. The molecule has 1 amide bonds. The lowest BCUT2D eigenvalue weighted by molar-refractivity contribution is 0.0657. The number of fused-ring (bicyclic) bond motifs is 1. The number of nitrogens with zero attached hydrogens (tertiary/aromatic N) is 2. The molecule has 0 aliphatic carbocycles. The molecule has 0 N–H and O–H groups in total. The maximum absolute atomic E-state index is 13.3. The van der Waals surface area contributed by atoms with Crippen molar-refractivity contribution in [3.05, 3.63) is 50.7 Å². The molecule has 1 atom stereocenters. The third-order valence-electron chi connectivity index (χ3n) is 5.60. The number of carbonyl (C=O) groups is 1. The minimum absolute atomic E-state index is 0.0248. The molecule has 4 rings (SSSR count). The largest absolute Gasteiger partial charge is 0.331 e. The van der Waals surface area contributed by atoms with Crippen LogP contribution in [0.1, 0.15) is 53.0 Å². The summed E-state index contributed by atoms with van der Waals surface area (Å²) in [5.74, 6) is -0.141. The zero-order valence-electron chi connectivity index (χ0n) is 15.7. The van der Waals surface area contributed by atoms with E-state index in [1.54, 1.807) is 17.4 Å². The summed E-state index contributed by atoms with van der Waals surface area (Å²) in [4.78, 5) is 16.5. The molecule has 1 aromatic heterocycles. The van der Waals surface area contributed by atoms with Crippen molar-refractivity contribution in [2.24, 2.45) is 0 Å². The Labute approximate surface area is 175 Å². The summed E-state index contributed by atoms with van der Waals surface area (Å²) in [6, 6.07) is 6.73. The van der Waals surface area contributed by atoms with E-state index in [9.17, 15) is 13.2 Å². The highest BCUT2D eigenvalue weighted by atomic mass is 35.5. The zero-order valence-corrected chi connectivity index (χ0v) is 18.1. The van der Waals surface area contributed by atoms with Gasteiger partial charge in [-0.25, -0.2) is 8.42 Å². The van der Waals surface area contributed by atoms with Gasteiger partial charge < -0.3 is 4.90 Å². The molecule has 5 nitrogen and oxygen atoms in total. The van der Waals surface area contributed by atoms with E-state index in [0.29, 0.717) is 25.2 Å². The fourth-order valence-corrected chi connectivity index (χ4v) is 7.09. The van der Waals surface area contributed by atoms with E-state index in [-0.39, 0.29) is 21.9 Å². The minimum Gasteiger partial charge on any atom is -0.331 e. The van der Waals surface area contributed by atoms with Crippen LogP contribution in [0.3, 0.4) is 0 Å². The molecule has 1 aromatic carbocycles. The molecule has 2 aliphatic rings. The Morgan fingerprint density at radius 2 is 1.96 bits per heavy atom. The number of rotatable bonds is 4. The van der Waals surface area contributed by atoms with Crippen LogP contribution in [-0.2, 0) is 16.4 Å². The van der Waals surface area contributed by atoms with Gasteiger partial charge in [-0.1, -0.05) is 18.5 Å². The van der Waals surface area contributed by atoms with E-state index < -0.39 is 10.0 Å². The molecule has 2 aromatic rings. The van der Waals surface area contributed by atoms with Crippen molar-refractivity contribution in [2.45, 2.75) is 43.5 Å². The van der Waals surface area contributed by atoms with Crippen LogP contribution in [0.5, 0.6) is 0 Å². The van der Waals surface area contributed by atoms with Gasteiger partial charge in [-0.3, -0.25) is 4.79 Å². The van der Waals surface area contributed by atoms with Crippen LogP contribution in [-0.4, -0.2) is 43.2 Å². The van der Waals surface area contributed by atoms with Crippen LogP contribution in [0.2, 0.25) is 5.02 Å². The molecular formula is C20H23ClN2O3S2. The molecule has 0 radical (unpaired) electrons. The maximum Gasteiger partial charge on any atom is 0.254 e. The fraction of sp³-hybridized carbons (Fsp3) is 0.450. The van der Waals surface area contributed by atoms with Crippen molar-refractivity contribution < 1.29 is 13.2 Å². The molecule has 0 spiro atoms. The van der Waals surface area contributed by atoms with Crippen LogP contribution >= 0.6 is 22.9 Å². The first-order chi connectivity index (χ1) is 13.4. The van der Waals surface area contributed by atoms with E-state index >= 15 is 0 Å². The van der Waals surface area contributed by atoms with Crippen LogP contribution in [0, 0.1) is 0 Å². The Balaban J connectivity index is 1.67. The monoisotopic (exact) mass is 438 g/mol. The number of thiophene rings is 1. The SMILES string of the molecule is CCC1c2ccsc2CCN1C(=O)c1ccc(Cl)c(S(=O)(=O)N2CCCC2)c1. The summed E-state index contributed by atoms with van der Waals surface area (Å²) < 4.78 is 27.4. The van der Waals surface area contributed by atoms with Crippen LogP contribution < -0.4 is 0 Å². The molecule has 0 bridgehead atoms. The van der Waals surface area contributed by atoms with Gasteiger partial charge in [0.2, 0.25) is 10.0 Å². The Kier molecular flexibility index (Phi) is 5.53. The summed E-state index contributed by atoms with van der Waals surface area (Å²) >= 11 is 7.96. The second-order valence-corrected chi connectivity index (χ2v) is 10.5. The lowest BCUT2D eigenvalue weighted by Gasteiger charge is -2.35. The lowest BCUT2D eigenvalue weighted by atomic mass is 9.97. The van der Waals surface area contributed by atoms with E-state index in [0.717, 1.165) is 25.7 Å². The predicted octanol–water partition coefficient (Wildman–Crippen LogP) is 4.34. The summed E-state index contributed by atoms with van der Waals surface area (Å²) in [5.41, 5.74) is 1.59. The van der Waals surface area contributed by atoms with Crippen LogP contribution in [0.4, 0.5) is 0 Å². The summed E-state index contributed by atoms with van der Waals surface area (Å²) in [7, 11) is -3.68. The number of carbonyl (C=O) groups excluding carboxylic acids is 1. The second kappa shape index (κ2) is 7.78. The van der Waals surface area contributed by atoms with Crippen LogP contribution in [0.25, 0.3) is 0 Å². The highest BCUT2D eigenvalue weighted by Crippen LogP contribution is 2.36. The third kappa shape index (κ3) is 3.38. The standard InChI is InChI=1S/C20H23ClN2O3S2/c1-2-17-15-8-12-27-18(15)7-11-23(17)20(24)14-5-6-16(21)19(13-14)28(25,26)22-9-3-4-10-22/h5-6,8,12-13,17H,2-4,7,9-11H2,1H3. The number of halogens is 1. The highest BCUT2D eigenvalue weighted by Gasteiger charge is 2.33. The molecule has 150 valence electrons. The Bertz CT molecular complexity index is 997. The number of benzene rings is 1. The minimum atomic E-state index is -3.68. The van der Waals surface area contributed by atoms with Crippen molar-refractivity contribution >= 4 is 38.9 Å². The molecule has 1 saturated heterocycles. The molecular weight excluding hydrogens is 416 g/mol. The van der Waals surface area contributed by atoms with Crippen molar-refractivity contribution in [3.63, 3.8) is 0 Å². The molecule has 1 fully saturated rings. The highest BCUT2D eigenvalue weighted by molar-refractivity contribution is 7.89. The number of hydrogen-bond acceptors (Lipinski definition) is 4. The average molecular weight is 439 g/mol. The number of hydrogen-bond donors (Lipinski definition) is 0. The summed E-state index contributed by atoms with van der Waals surface area (Å²) in [6.07, 6.45) is 3.36. The maximum atomic E-state index is 13.3. The van der Waals surface area contributed by atoms with E-state index in [1.807, 2.05) is 4.90 Å². The van der Waals surface area contributed by atoms with Gasteiger partial charge in [-0.05, 0) is 60.9 Å². The normalized spacial score (nSPS) is 20.4. The van der Waals surface area contributed by atoms with Gasteiger partial charge in [0.25, 0.3) is 5.91 Å². The smallest absolute Gasteiger partial charge is 0.254 e. The van der Waals surface area contributed by atoms with E-state index in [2.05, 4.69) is 18.4 Å². The van der Waals surface area contributed by atoms with Gasteiger partial charge in [0.1, 0.15) is 4.90 Å². The number of sulfonamides is 1. The van der Waals surface area contributed by atoms with Gasteiger partial charge in [-0.15, -0.1) is 11.3 Å². The Morgan fingerprint density at radius 1 is 1.21 bits per heavy atom. The van der Waals surface area contributed by atoms with Gasteiger partial charge >= 0.3 is 0 Å². The van der Waals surface area contributed by atoms with Gasteiger partial charge in [0.15, 0.2) is 0 Å². The number of amides is 1. The quantitative estimate of drug-likeness (QED) is 0.713. The second-order valence-electron chi connectivity index (χ2n) is 7.23. The van der Waals surface area contributed by atoms with E-state index in [1.165, 1.54) is 26.9 Å². The summed E-state index contributed by atoms with van der Waals surface area (Å²) in [6.45, 7) is 3.72. The first-order valence-corrected chi connectivity index (χ1v) is 12.3. The first-order valence-electron chi connectivity index (χ1n) is 9.60. The molecule has 3 heterocycles. The van der Waals surface area contributed by atoms with Crippen molar-refractivity contribution in [3.8, 4) is 0 Å². The van der Waals surface area contributed by atoms with Gasteiger partial charge in [-0.2, -0.15) is 4.31 Å². The van der Waals surface area contributed by atoms with Crippen molar-refractivity contribution in [2.75, 3.05) is 19.6 Å². The average Bonchev–Trinajstić information content (AvgIpc) is 3.38. The predicted molar refractivity (Wildman–Crippen MR) is 112 cm³/mol. The summed E-state index contributed by atoms with van der Waals surface area (Å²) in [5, 5.41) is 2.24. The molecule has 8 heteroatoms. The van der Waals surface area contributed by atoms with E-state index in [4.69, 9.17) is 11.6 Å². The molecule has 2 aliphatic heterocycles. The van der Waals surface area contributed by atoms with Gasteiger partial charge in [0.05, 0.1) is 11.1 Å². The van der Waals surface area contributed by atoms with Crippen LogP contribution in [0.15, 0.2) is 34.5 Å². The topological polar surface area (TPSA) is 57.7 Å². The fourth-order valence-electron chi connectivity index (χ4n) is 4.15. The van der Waals surface area contributed by atoms with Crippen molar-refractivity contribution in [1.82, 2.24) is 9.21 Å². The van der Waals surface area contributed by atoms with Crippen molar-refractivity contribution in [1.29, 1.82) is 0 Å². The zero-order chi connectivity index (χ0) is 19.9. The molecule has 0 saturated carbocycles.